The van der Waals surface area contributed by atoms with Crippen molar-refractivity contribution in [1.82, 2.24) is 10.6 Å². The van der Waals surface area contributed by atoms with Gasteiger partial charge in [0.15, 0.2) is 0 Å². The lowest BCUT2D eigenvalue weighted by Crippen LogP contribution is -2.35. The lowest BCUT2D eigenvalue weighted by Gasteiger charge is -2.07. The summed E-state index contributed by atoms with van der Waals surface area (Å²) in [5.41, 5.74) is 0. The highest BCUT2D eigenvalue weighted by Gasteiger charge is 2.02. The molecule has 1 rings (SSSR count). The van der Waals surface area contributed by atoms with Gasteiger partial charge in [-0.15, -0.1) is 11.3 Å². The van der Waals surface area contributed by atoms with Crippen LogP contribution in [0.4, 0.5) is 0 Å². The Bertz CT molecular complexity index is 366. The zero-order valence-corrected chi connectivity index (χ0v) is 12.5. The van der Waals surface area contributed by atoms with Gasteiger partial charge in [0, 0.05) is 18.0 Å². The minimum absolute atomic E-state index is 0.0693. The second-order valence-corrected chi connectivity index (χ2v) is 6.46. The quantitative estimate of drug-likeness (QED) is 0.722. The fourth-order valence-electron chi connectivity index (χ4n) is 1.46. The zero-order valence-electron chi connectivity index (χ0n) is 11.0. The lowest BCUT2D eigenvalue weighted by atomic mass is 10.1. The number of amides is 1. The van der Waals surface area contributed by atoms with E-state index in [0.29, 0.717) is 12.5 Å². The van der Waals surface area contributed by atoms with Crippen molar-refractivity contribution < 1.29 is 4.79 Å². The van der Waals surface area contributed by atoms with Crippen LogP contribution in [0, 0.1) is 5.92 Å². The van der Waals surface area contributed by atoms with E-state index in [1.165, 1.54) is 4.88 Å². The van der Waals surface area contributed by atoms with Gasteiger partial charge in [0.1, 0.15) is 0 Å². The summed E-state index contributed by atoms with van der Waals surface area (Å²) in [4.78, 5) is 12.7. The van der Waals surface area contributed by atoms with Gasteiger partial charge in [0.05, 0.1) is 10.9 Å². The third-order valence-electron chi connectivity index (χ3n) is 2.51. The van der Waals surface area contributed by atoms with Crippen LogP contribution in [0.3, 0.4) is 0 Å². The van der Waals surface area contributed by atoms with E-state index in [9.17, 15) is 4.79 Å². The van der Waals surface area contributed by atoms with Gasteiger partial charge in [-0.05, 0) is 30.9 Å². The monoisotopic (exact) mass is 288 g/mol. The molecule has 5 heteroatoms. The Kier molecular flexibility index (Phi) is 7.32. The summed E-state index contributed by atoms with van der Waals surface area (Å²) in [7, 11) is 0. The molecule has 1 amide bonds. The molecule has 0 unspecified atom stereocenters. The van der Waals surface area contributed by atoms with Crippen molar-refractivity contribution in [2.75, 3.05) is 19.6 Å². The van der Waals surface area contributed by atoms with Crippen molar-refractivity contribution in [2.24, 2.45) is 5.92 Å². The van der Waals surface area contributed by atoms with Crippen LogP contribution in [0.2, 0.25) is 4.34 Å². The molecule has 0 spiro atoms. The predicted molar refractivity (Wildman–Crippen MR) is 78.4 cm³/mol. The van der Waals surface area contributed by atoms with Gasteiger partial charge >= 0.3 is 0 Å². The van der Waals surface area contributed by atoms with E-state index in [0.717, 1.165) is 30.3 Å². The average Bonchev–Trinajstić information content (AvgIpc) is 2.70. The molecule has 1 aromatic heterocycles. The Morgan fingerprint density at radius 2 is 2.17 bits per heavy atom. The number of carbonyl (C=O) groups excluding carboxylic acids is 1. The number of rotatable bonds is 8. The summed E-state index contributed by atoms with van der Waals surface area (Å²) in [6.07, 6.45) is 1.94. The Morgan fingerprint density at radius 1 is 1.39 bits per heavy atom. The summed E-state index contributed by atoms with van der Waals surface area (Å²) < 4.78 is 0.816. The first-order chi connectivity index (χ1) is 8.58. The van der Waals surface area contributed by atoms with Crippen LogP contribution in [0.25, 0.3) is 0 Å². The van der Waals surface area contributed by atoms with Crippen LogP contribution in [0.15, 0.2) is 12.1 Å². The van der Waals surface area contributed by atoms with E-state index in [1.54, 1.807) is 11.3 Å². The maximum Gasteiger partial charge on any atom is 0.233 e. The van der Waals surface area contributed by atoms with Crippen molar-refractivity contribution >= 4 is 28.8 Å². The first kappa shape index (κ1) is 15.5. The summed E-state index contributed by atoms with van der Waals surface area (Å²) >= 11 is 7.43. The molecule has 0 atom stereocenters. The molecule has 0 aliphatic rings. The second-order valence-electron chi connectivity index (χ2n) is 4.67. The SMILES string of the molecule is CC(C)CCNC(=O)CNCCc1ccc(Cl)s1. The summed E-state index contributed by atoms with van der Waals surface area (Å²) in [5, 5.41) is 6.03. The van der Waals surface area contributed by atoms with E-state index in [2.05, 4.69) is 24.5 Å². The first-order valence-electron chi connectivity index (χ1n) is 6.29. The van der Waals surface area contributed by atoms with Gasteiger partial charge in [-0.3, -0.25) is 4.79 Å². The maximum absolute atomic E-state index is 11.4. The normalized spacial score (nSPS) is 10.9. The van der Waals surface area contributed by atoms with Crippen LogP contribution in [-0.2, 0) is 11.2 Å². The smallest absolute Gasteiger partial charge is 0.233 e. The molecule has 0 radical (unpaired) electrons. The van der Waals surface area contributed by atoms with Crippen LogP contribution in [0.5, 0.6) is 0 Å². The number of carbonyl (C=O) groups is 1. The van der Waals surface area contributed by atoms with Gasteiger partial charge < -0.3 is 10.6 Å². The van der Waals surface area contributed by atoms with Crippen LogP contribution in [-0.4, -0.2) is 25.5 Å². The molecule has 0 bridgehead atoms. The minimum Gasteiger partial charge on any atom is -0.355 e. The molecule has 102 valence electrons. The molecule has 0 saturated carbocycles. The Labute approximate surface area is 118 Å². The number of halogens is 1. The van der Waals surface area contributed by atoms with Crippen molar-refractivity contribution in [3.8, 4) is 0 Å². The van der Waals surface area contributed by atoms with Gasteiger partial charge in [-0.1, -0.05) is 25.4 Å². The molecule has 0 aliphatic heterocycles. The topological polar surface area (TPSA) is 41.1 Å². The van der Waals surface area contributed by atoms with E-state index in [-0.39, 0.29) is 5.91 Å². The van der Waals surface area contributed by atoms with Gasteiger partial charge in [0.25, 0.3) is 0 Å². The summed E-state index contributed by atoms with van der Waals surface area (Å²) in [6, 6.07) is 3.93. The molecule has 1 aromatic rings. The second kappa shape index (κ2) is 8.51. The number of nitrogens with one attached hydrogen (secondary N) is 2. The highest BCUT2D eigenvalue weighted by Crippen LogP contribution is 2.21. The standard InChI is InChI=1S/C13H21ClN2OS/c1-10(2)5-8-16-13(17)9-15-7-6-11-3-4-12(14)18-11/h3-4,10,15H,5-9H2,1-2H3,(H,16,17). The van der Waals surface area contributed by atoms with Gasteiger partial charge in [-0.2, -0.15) is 0 Å². The van der Waals surface area contributed by atoms with E-state index >= 15 is 0 Å². The molecule has 1 heterocycles. The number of hydrogen-bond donors (Lipinski definition) is 2. The molecular formula is C13H21ClN2OS. The summed E-state index contributed by atoms with van der Waals surface area (Å²) in [6.45, 7) is 6.25. The number of hydrogen-bond acceptors (Lipinski definition) is 3. The molecule has 0 aromatic carbocycles. The predicted octanol–water partition coefficient (Wildman–Crippen LogP) is 2.70. The zero-order chi connectivity index (χ0) is 13.4. The van der Waals surface area contributed by atoms with Gasteiger partial charge in [0.2, 0.25) is 5.91 Å². The van der Waals surface area contributed by atoms with E-state index < -0.39 is 0 Å². The molecule has 0 saturated heterocycles. The van der Waals surface area contributed by atoms with Crippen molar-refractivity contribution in [3.05, 3.63) is 21.3 Å². The van der Waals surface area contributed by atoms with Gasteiger partial charge in [-0.25, -0.2) is 0 Å². The minimum atomic E-state index is 0.0693. The summed E-state index contributed by atoms with van der Waals surface area (Å²) in [5.74, 6) is 0.696. The highest BCUT2D eigenvalue weighted by molar-refractivity contribution is 7.16. The van der Waals surface area contributed by atoms with E-state index in [1.807, 2.05) is 12.1 Å². The fourth-order valence-corrected chi connectivity index (χ4v) is 2.55. The first-order valence-corrected chi connectivity index (χ1v) is 7.49. The largest absolute Gasteiger partial charge is 0.355 e. The van der Waals surface area contributed by atoms with E-state index in [4.69, 9.17) is 11.6 Å². The van der Waals surface area contributed by atoms with Crippen LogP contribution >= 0.6 is 22.9 Å². The fraction of sp³-hybridized carbons (Fsp3) is 0.615. The highest BCUT2D eigenvalue weighted by atomic mass is 35.5. The molecule has 18 heavy (non-hydrogen) atoms. The van der Waals surface area contributed by atoms with Crippen molar-refractivity contribution in [3.63, 3.8) is 0 Å². The average molecular weight is 289 g/mol. The molecule has 0 fully saturated rings. The molecule has 2 N–H and O–H groups in total. The van der Waals surface area contributed by atoms with Crippen LogP contribution < -0.4 is 10.6 Å². The third kappa shape index (κ3) is 6.99. The molecular weight excluding hydrogens is 268 g/mol. The lowest BCUT2D eigenvalue weighted by molar-refractivity contribution is -0.120. The maximum atomic E-state index is 11.4. The third-order valence-corrected chi connectivity index (χ3v) is 3.80. The van der Waals surface area contributed by atoms with Crippen LogP contribution in [0.1, 0.15) is 25.1 Å². The molecule has 3 nitrogen and oxygen atoms in total. The van der Waals surface area contributed by atoms with Crippen molar-refractivity contribution in [1.29, 1.82) is 0 Å². The Morgan fingerprint density at radius 3 is 2.78 bits per heavy atom. The molecule has 0 aliphatic carbocycles. The number of thiophene rings is 1. The van der Waals surface area contributed by atoms with Crippen molar-refractivity contribution in [2.45, 2.75) is 26.7 Å². The Hall–Kier alpha value is -0.580. The Balaban J connectivity index is 2.02.